The molecule has 0 fully saturated rings. The highest BCUT2D eigenvalue weighted by Gasteiger charge is 2.37. The van der Waals surface area contributed by atoms with Gasteiger partial charge < -0.3 is 9.13 Å². The van der Waals surface area contributed by atoms with Crippen molar-refractivity contribution < 1.29 is 0 Å². The van der Waals surface area contributed by atoms with E-state index in [-0.39, 0.29) is 5.41 Å². The summed E-state index contributed by atoms with van der Waals surface area (Å²) in [5.74, 6) is 0. The molecule has 0 atom stereocenters. The predicted molar refractivity (Wildman–Crippen MR) is 315 cm³/mol. The Morgan fingerprint density at radius 1 is 0.284 bits per heavy atom. The molecule has 0 saturated carbocycles. The van der Waals surface area contributed by atoms with Gasteiger partial charge in [-0.3, -0.25) is 0 Å². The van der Waals surface area contributed by atoms with Crippen LogP contribution in [0.2, 0.25) is 0 Å². The van der Waals surface area contributed by atoms with Crippen LogP contribution in [0.15, 0.2) is 249 Å². The molecule has 1 aliphatic rings. The number of para-hydroxylation sites is 3. The quantitative estimate of drug-likeness (QED) is 0.157. The van der Waals surface area contributed by atoms with Crippen LogP contribution in [0.1, 0.15) is 41.7 Å². The molecule has 13 aromatic rings. The maximum Gasteiger partial charge on any atom is 0.0547 e. The molecule has 0 saturated heterocycles. The number of fused-ring (bicyclic) bond motifs is 9. The lowest BCUT2D eigenvalue weighted by Gasteiger charge is -2.22. The fourth-order valence-electron chi connectivity index (χ4n) is 12.0. The van der Waals surface area contributed by atoms with Crippen LogP contribution in [0.3, 0.4) is 0 Å². The molecular weight excluding hydrogens is 893 g/mol. The van der Waals surface area contributed by atoms with Crippen LogP contribution < -0.4 is 0 Å². The SMILES string of the molecule is Cc1ccccc1.Cc1ccccc1-c1cc(-c2ccc3c(c2)-c2cc4c5ccccc5n(-c5cc(-c6ccccc6)cc(-c6cccc7c6c6ccccc6n7-c6ccccc6)c5)c4cc2C3(C)C)ccc1C. The molecule has 0 unspecified atom stereocenters. The molecular formula is C72H56N2. The molecule has 74 heavy (non-hydrogen) atoms. The molecule has 0 N–H and O–H groups in total. The first-order valence-corrected chi connectivity index (χ1v) is 25.9. The van der Waals surface area contributed by atoms with Gasteiger partial charge >= 0.3 is 0 Å². The first-order chi connectivity index (χ1) is 36.2. The van der Waals surface area contributed by atoms with Gasteiger partial charge in [-0.25, -0.2) is 0 Å². The Hall–Kier alpha value is -8.98. The lowest BCUT2D eigenvalue weighted by Crippen LogP contribution is -2.15. The zero-order valence-electron chi connectivity index (χ0n) is 42.6. The summed E-state index contributed by atoms with van der Waals surface area (Å²) in [5.41, 5.74) is 26.1. The van der Waals surface area contributed by atoms with Crippen molar-refractivity contribution in [1.82, 2.24) is 9.13 Å². The Morgan fingerprint density at radius 2 is 0.838 bits per heavy atom. The van der Waals surface area contributed by atoms with E-state index in [0.29, 0.717) is 0 Å². The number of rotatable bonds is 6. The maximum absolute atomic E-state index is 2.53. The third kappa shape index (κ3) is 7.48. The standard InChI is InChI=1S/C65H48N2.C7H8/c1-41-18-11-12-23-50(41)54-37-44(31-30-42(54)2)45-32-33-58-55(38-45)56-39-57-52-24-13-15-27-60(52)67(63(57)40-59(56)65(58,3)4)49-35-46(43-19-7-5-8-20-43)34-47(36-49)51-26-17-29-62-64(51)53-25-14-16-28-61(53)66(62)48-21-9-6-10-22-48;1-7-5-3-2-4-6-7/h5-40H,1-4H3;2-6H,1H3. The van der Waals surface area contributed by atoms with Crippen LogP contribution >= 0.6 is 0 Å². The highest BCUT2D eigenvalue weighted by Crippen LogP contribution is 2.52. The summed E-state index contributed by atoms with van der Waals surface area (Å²) in [6.07, 6.45) is 0. The number of aromatic nitrogens is 2. The van der Waals surface area contributed by atoms with E-state index in [1.54, 1.807) is 0 Å². The van der Waals surface area contributed by atoms with Gasteiger partial charge in [-0.15, -0.1) is 0 Å². The molecule has 1 aliphatic carbocycles. The first kappa shape index (κ1) is 44.9. The summed E-state index contributed by atoms with van der Waals surface area (Å²) < 4.78 is 4.94. The molecule has 0 amide bonds. The number of benzene rings is 11. The summed E-state index contributed by atoms with van der Waals surface area (Å²) in [6.45, 7) is 11.3. The lowest BCUT2D eigenvalue weighted by atomic mass is 9.82. The van der Waals surface area contributed by atoms with E-state index in [9.17, 15) is 0 Å². The second-order valence-corrected chi connectivity index (χ2v) is 20.7. The van der Waals surface area contributed by atoms with Gasteiger partial charge in [0.25, 0.3) is 0 Å². The topological polar surface area (TPSA) is 9.86 Å². The van der Waals surface area contributed by atoms with Crippen molar-refractivity contribution in [2.45, 2.75) is 40.0 Å². The van der Waals surface area contributed by atoms with Crippen LogP contribution in [-0.4, -0.2) is 9.13 Å². The third-order valence-electron chi connectivity index (χ3n) is 15.7. The molecule has 354 valence electrons. The molecule has 2 heterocycles. The Labute approximate surface area is 434 Å². The Balaban J connectivity index is 0.000000700. The van der Waals surface area contributed by atoms with E-state index in [0.717, 1.165) is 11.4 Å². The van der Waals surface area contributed by atoms with Crippen LogP contribution in [0, 0.1) is 20.8 Å². The molecule has 2 heteroatoms. The van der Waals surface area contributed by atoms with Gasteiger partial charge in [0.15, 0.2) is 0 Å². The van der Waals surface area contributed by atoms with Gasteiger partial charge in [-0.2, -0.15) is 0 Å². The number of aryl methyl sites for hydroxylation is 3. The van der Waals surface area contributed by atoms with Crippen LogP contribution in [0.5, 0.6) is 0 Å². The second kappa shape index (κ2) is 17.9. The van der Waals surface area contributed by atoms with E-state index in [1.807, 2.05) is 18.2 Å². The van der Waals surface area contributed by atoms with E-state index in [1.165, 1.54) is 127 Å². The third-order valence-corrected chi connectivity index (χ3v) is 15.7. The van der Waals surface area contributed by atoms with Crippen molar-refractivity contribution >= 4 is 43.6 Å². The fraction of sp³-hybridized carbons (Fsp3) is 0.0833. The van der Waals surface area contributed by atoms with Crippen molar-refractivity contribution in [3.05, 3.63) is 277 Å². The average molecular weight is 949 g/mol. The van der Waals surface area contributed by atoms with E-state index >= 15 is 0 Å². The normalized spacial score (nSPS) is 12.5. The highest BCUT2D eigenvalue weighted by atomic mass is 15.0. The number of hydrogen-bond donors (Lipinski definition) is 0. The monoisotopic (exact) mass is 948 g/mol. The van der Waals surface area contributed by atoms with Crippen molar-refractivity contribution in [3.8, 4) is 67.0 Å². The predicted octanol–water partition coefficient (Wildman–Crippen LogP) is 19.5. The highest BCUT2D eigenvalue weighted by molar-refractivity contribution is 6.16. The Morgan fingerprint density at radius 3 is 1.57 bits per heavy atom. The first-order valence-electron chi connectivity index (χ1n) is 25.9. The van der Waals surface area contributed by atoms with Gasteiger partial charge in [0.1, 0.15) is 0 Å². The second-order valence-electron chi connectivity index (χ2n) is 20.7. The van der Waals surface area contributed by atoms with E-state index < -0.39 is 0 Å². The fourth-order valence-corrected chi connectivity index (χ4v) is 12.0. The zero-order chi connectivity index (χ0) is 50.1. The molecule has 0 spiro atoms. The largest absolute Gasteiger partial charge is 0.309 e. The van der Waals surface area contributed by atoms with E-state index in [2.05, 4.69) is 274 Å². The van der Waals surface area contributed by atoms with Crippen LogP contribution in [-0.2, 0) is 5.41 Å². The number of hydrogen-bond acceptors (Lipinski definition) is 0. The summed E-state index contributed by atoms with van der Waals surface area (Å²) in [7, 11) is 0. The van der Waals surface area contributed by atoms with Crippen LogP contribution in [0.4, 0.5) is 0 Å². The van der Waals surface area contributed by atoms with Crippen molar-refractivity contribution in [1.29, 1.82) is 0 Å². The lowest BCUT2D eigenvalue weighted by molar-refractivity contribution is 0.661. The minimum Gasteiger partial charge on any atom is -0.309 e. The summed E-state index contributed by atoms with van der Waals surface area (Å²) in [6, 6.07) is 91.6. The van der Waals surface area contributed by atoms with Crippen molar-refractivity contribution in [3.63, 3.8) is 0 Å². The molecule has 0 bridgehead atoms. The molecule has 2 aromatic heterocycles. The summed E-state index contributed by atoms with van der Waals surface area (Å²) in [5, 5.41) is 5.02. The minimum atomic E-state index is -0.197. The van der Waals surface area contributed by atoms with Gasteiger partial charge in [0.05, 0.1) is 22.1 Å². The van der Waals surface area contributed by atoms with Gasteiger partial charge in [-0.05, 0) is 171 Å². The Bertz CT molecular complexity index is 4280. The maximum atomic E-state index is 2.53. The van der Waals surface area contributed by atoms with Gasteiger partial charge in [0.2, 0.25) is 0 Å². The average Bonchev–Trinajstić information content (AvgIpc) is 4.04. The smallest absolute Gasteiger partial charge is 0.0547 e. The molecule has 2 nitrogen and oxygen atoms in total. The summed E-state index contributed by atoms with van der Waals surface area (Å²) in [4.78, 5) is 0. The number of nitrogens with zero attached hydrogens (tertiary/aromatic N) is 2. The molecule has 0 aliphatic heterocycles. The zero-order valence-corrected chi connectivity index (χ0v) is 42.6. The van der Waals surface area contributed by atoms with E-state index in [4.69, 9.17) is 0 Å². The molecule has 14 rings (SSSR count). The van der Waals surface area contributed by atoms with Crippen LogP contribution in [0.25, 0.3) is 111 Å². The van der Waals surface area contributed by atoms with Gasteiger partial charge in [-0.1, -0.05) is 195 Å². The minimum absolute atomic E-state index is 0.197. The van der Waals surface area contributed by atoms with Gasteiger partial charge in [0, 0.05) is 38.3 Å². The van der Waals surface area contributed by atoms with Crippen molar-refractivity contribution in [2.24, 2.45) is 0 Å². The Kier molecular flexibility index (Phi) is 10.9. The van der Waals surface area contributed by atoms with Crippen molar-refractivity contribution in [2.75, 3.05) is 0 Å². The molecule has 11 aromatic carbocycles. The molecule has 0 radical (unpaired) electrons. The summed E-state index contributed by atoms with van der Waals surface area (Å²) >= 11 is 0.